The number of hydrazine groups is 1. The molecule has 1 heterocycles. The second-order valence-corrected chi connectivity index (χ2v) is 13.1. The Labute approximate surface area is 301 Å². The number of nitro benzene ring substituents is 1. The van der Waals surface area contributed by atoms with Gasteiger partial charge in [0.15, 0.2) is 5.78 Å². The molecule has 52 heavy (non-hydrogen) atoms. The summed E-state index contributed by atoms with van der Waals surface area (Å²) in [6.07, 6.45) is 0. The highest BCUT2D eigenvalue weighted by Gasteiger charge is 2.63. The summed E-state index contributed by atoms with van der Waals surface area (Å²) in [5.74, 6) is -5.63. The Morgan fingerprint density at radius 3 is 1.67 bits per heavy atom. The summed E-state index contributed by atoms with van der Waals surface area (Å²) in [6, 6.07) is 32.2. The van der Waals surface area contributed by atoms with Gasteiger partial charge in [0.25, 0.3) is 23.4 Å². The number of ether oxygens (including phenoxy) is 1. The number of non-ortho nitro benzene ring substituents is 1. The van der Waals surface area contributed by atoms with E-state index in [9.17, 15) is 34.1 Å². The van der Waals surface area contributed by atoms with Crippen LogP contribution >= 0.6 is 11.6 Å². The molecule has 1 fully saturated rings. The molecule has 3 amide bonds. The zero-order chi connectivity index (χ0) is 36.3. The third-order valence-electron chi connectivity index (χ3n) is 10.00. The molecule has 4 aliphatic rings. The molecular weight excluding hydrogens is 686 g/mol. The standard InChI is InChI=1S/C40H26ClN3O8/c41-31-12-6-5-11-30(31)37(46)42(21-32(45)22-15-19-25(20-16-22)52-40(49)23-13-17-24(18-14-23)44(50)51)43-38(47)35-33-26-7-1-2-8-27(26)34(36(35)39(43)48)29-10-4-3-9-28(29)33/h1-20,33-36H,21H2/t33?,34?,35-,36-/m0/s1. The van der Waals surface area contributed by atoms with Crippen LogP contribution in [0.3, 0.4) is 0 Å². The molecule has 0 saturated carbocycles. The molecule has 0 radical (unpaired) electrons. The van der Waals surface area contributed by atoms with Crippen molar-refractivity contribution in [1.82, 2.24) is 10.0 Å². The smallest absolute Gasteiger partial charge is 0.343 e. The fourth-order valence-electron chi connectivity index (χ4n) is 7.73. The molecule has 0 N–H and O–H groups in total. The first kappa shape index (κ1) is 32.7. The van der Waals surface area contributed by atoms with Gasteiger partial charge in [0.05, 0.1) is 32.9 Å². The highest BCUT2D eigenvalue weighted by Crippen LogP contribution is 2.61. The first-order valence-electron chi connectivity index (χ1n) is 16.4. The van der Waals surface area contributed by atoms with Crippen LogP contribution in [0.4, 0.5) is 5.69 Å². The minimum Gasteiger partial charge on any atom is -0.423 e. The largest absolute Gasteiger partial charge is 0.423 e. The normalized spacial score (nSPS) is 19.4. The van der Waals surface area contributed by atoms with Crippen LogP contribution in [-0.4, -0.2) is 51.0 Å². The number of nitrogens with zero attached hydrogens (tertiary/aromatic N) is 3. The van der Waals surface area contributed by atoms with Gasteiger partial charge in [-0.1, -0.05) is 72.3 Å². The number of hydrogen-bond acceptors (Lipinski definition) is 8. The van der Waals surface area contributed by atoms with E-state index in [1.807, 2.05) is 48.5 Å². The summed E-state index contributed by atoms with van der Waals surface area (Å²) in [5, 5.41) is 12.7. The maximum Gasteiger partial charge on any atom is 0.343 e. The van der Waals surface area contributed by atoms with Crippen LogP contribution in [0.15, 0.2) is 121 Å². The van der Waals surface area contributed by atoms with Gasteiger partial charge in [-0.05, 0) is 70.8 Å². The summed E-state index contributed by atoms with van der Waals surface area (Å²) in [5.41, 5.74) is 3.88. The highest BCUT2D eigenvalue weighted by atomic mass is 35.5. The number of nitro groups is 1. The lowest BCUT2D eigenvalue weighted by atomic mass is 9.55. The van der Waals surface area contributed by atoms with Gasteiger partial charge >= 0.3 is 5.97 Å². The highest BCUT2D eigenvalue weighted by molar-refractivity contribution is 6.34. The van der Waals surface area contributed by atoms with Crippen LogP contribution in [0.25, 0.3) is 0 Å². The topological polar surface area (TPSA) is 144 Å². The second-order valence-electron chi connectivity index (χ2n) is 12.7. The van der Waals surface area contributed by atoms with Crippen LogP contribution in [0, 0.1) is 22.0 Å². The Morgan fingerprint density at radius 1 is 0.692 bits per heavy atom. The lowest BCUT2D eigenvalue weighted by Gasteiger charge is -2.45. The Bertz CT molecular complexity index is 2230. The molecule has 2 bridgehead atoms. The van der Waals surface area contributed by atoms with E-state index in [4.69, 9.17) is 16.3 Å². The van der Waals surface area contributed by atoms with Gasteiger partial charge in [0.1, 0.15) is 12.3 Å². The fraction of sp³-hybridized carbons (Fsp3) is 0.125. The van der Waals surface area contributed by atoms with Gasteiger partial charge < -0.3 is 4.74 Å². The van der Waals surface area contributed by atoms with Crippen molar-refractivity contribution < 1.29 is 33.6 Å². The lowest BCUT2D eigenvalue weighted by molar-refractivity contribution is -0.384. The molecular formula is C40H26ClN3O8. The number of benzene rings is 5. The van der Waals surface area contributed by atoms with Crippen molar-refractivity contribution in [3.8, 4) is 5.75 Å². The number of halogens is 1. The molecule has 0 unspecified atom stereocenters. The van der Waals surface area contributed by atoms with Crippen molar-refractivity contribution in [2.75, 3.05) is 6.54 Å². The molecule has 12 heteroatoms. The van der Waals surface area contributed by atoms with E-state index in [1.54, 1.807) is 12.1 Å². The minimum atomic E-state index is -0.796. The molecule has 0 aromatic heterocycles. The monoisotopic (exact) mass is 711 g/mol. The van der Waals surface area contributed by atoms with Gasteiger partial charge in [-0.25, -0.2) is 9.80 Å². The summed E-state index contributed by atoms with van der Waals surface area (Å²) >= 11 is 6.43. The average Bonchev–Trinajstić information content (AvgIpc) is 3.43. The number of carbonyl (C=O) groups is 5. The van der Waals surface area contributed by atoms with Crippen LogP contribution in [0.5, 0.6) is 5.75 Å². The van der Waals surface area contributed by atoms with Crippen molar-refractivity contribution in [2.45, 2.75) is 11.8 Å². The van der Waals surface area contributed by atoms with Crippen LogP contribution < -0.4 is 4.74 Å². The Hall–Kier alpha value is -6.46. The van der Waals surface area contributed by atoms with Gasteiger partial charge in [0, 0.05) is 29.5 Å². The van der Waals surface area contributed by atoms with Crippen LogP contribution in [0.2, 0.25) is 5.02 Å². The molecule has 11 nitrogen and oxygen atoms in total. The predicted octanol–water partition coefficient (Wildman–Crippen LogP) is 6.60. The van der Waals surface area contributed by atoms with E-state index >= 15 is 0 Å². The van der Waals surface area contributed by atoms with Gasteiger partial charge in [0.2, 0.25) is 0 Å². The van der Waals surface area contributed by atoms with Crippen molar-refractivity contribution in [1.29, 1.82) is 0 Å². The van der Waals surface area contributed by atoms with Crippen molar-refractivity contribution in [3.05, 3.63) is 175 Å². The van der Waals surface area contributed by atoms with Crippen molar-refractivity contribution in [3.63, 3.8) is 0 Å². The third kappa shape index (κ3) is 5.25. The van der Waals surface area contributed by atoms with Crippen LogP contribution in [0.1, 0.15) is 65.2 Å². The number of rotatable bonds is 8. The number of esters is 1. The van der Waals surface area contributed by atoms with E-state index in [-0.39, 0.29) is 33.1 Å². The summed E-state index contributed by atoms with van der Waals surface area (Å²) in [6.45, 7) is -0.669. The maximum absolute atomic E-state index is 14.5. The quantitative estimate of drug-likeness (QED) is 0.0437. The van der Waals surface area contributed by atoms with E-state index in [0.717, 1.165) is 32.3 Å². The van der Waals surface area contributed by atoms with E-state index < -0.39 is 64.6 Å². The molecule has 0 spiro atoms. The first-order chi connectivity index (χ1) is 25.1. The Balaban J connectivity index is 1.10. The molecule has 5 aromatic rings. The van der Waals surface area contributed by atoms with E-state index in [1.165, 1.54) is 60.7 Å². The Kier molecular flexibility index (Phi) is 7.99. The van der Waals surface area contributed by atoms with E-state index in [0.29, 0.717) is 0 Å². The Morgan fingerprint density at radius 2 is 1.17 bits per heavy atom. The number of Topliss-reactive ketones (excluding diaryl/α,β-unsaturated/α-hetero) is 1. The average molecular weight is 712 g/mol. The third-order valence-corrected chi connectivity index (χ3v) is 10.3. The molecule has 256 valence electrons. The number of imide groups is 1. The molecule has 2 atom stereocenters. The molecule has 1 saturated heterocycles. The minimum absolute atomic E-state index is 0.00971. The summed E-state index contributed by atoms with van der Waals surface area (Å²) in [7, 11) is 0. The van der Waals surface area contributed by atoms with Gasteiger partial charge in [-0.15, -0.1) is 0 Å². The summed E-state index contributed by atoms with van der Waals surface area (Å²) < 4.78 is 5.37. The number of carbonyl (C=O) groups excluding carboxylic acids is 5. The van der Waals surface area contributed by atoms with Crippen molar-refractivity contribution >= 4 is 46.8 Å². The second kappa shape index (κ2) is 12.7. The predicted molar refractivity (Wildman–Crippen MR) is 187 cm³/mol. The van der Waals surface area contributed by atoms with Gasteiger partial charge in [-0.3, -0.25) is 29.3 Å². The number of ketones is 1. The van der Waals surface area contributed by atoms with Gasteiger partial charge in [-0.2, -0.15) is 5.01 Å². The molecule has 3 aliphatic carbocycles. The molecule has 9 rings (SSSR count). The first-order valence-corrected chi connectivity index (χ1v) is 16.7. The lowest BCUT2D eigenvalue weighted by Crippen LogP contribution is -2.52. The maximum atomic E-state index is 14.5. The SMILES string of the molecule is O=C(CN(C(=O)c1ccccc1Cl)N1C(=O)[C@H]2C3c4ccccc4C(c4ccccc43)[C@@H]2C1=O)c1ccc(OC(=O)c2ccc([N+](=O)[O-])cc2)cc1. The molecule has 5 aromatic carbocycles. The fourth-order valence-corrected chi connectivity index (χ4v) is 7.94. The zero-order valence-corrected chi connectivity index (χ0v) is 27.8. The molecule has 1 aliphatic heterocycles. The summed E-state index contributed by atoms with van der Waals surface area (Å²) in [4.78, 5) is 80.2. The number of amides is 3. The zero-order valence-electron chi connectivity index (χ0n) is 27.0. The van der Waals surface area contributed by atoms with Crippen LogP contribution in [-0.2, 0) is 9.59 Å². The van der Waals surface area contributed by atoms with Crippen molar-refractivity contribution in [2.24, 2.45) is 11.8 Å². The van der Waals surface area contributed by atoms with E-state index in [2.05, 4.69) is 0 Å². The number of hydrogen-bond donors (Lipinski definition) is 0.